The number of carbonyl (C=O) groups excluding carboxylic acids is 1. The molecule has 7 heteroatoms. The third kappa shape index (κ3) is 3.66. The number of nitrogens with one attached hydrogen (secondary N) is 1. The summed E-state index contributed by atoms with van der Waals surface area (Å²) in [7, 11) is 0. The molecule has 0 saturated carbocycles. The average Bonchev–Trinajstić information content (AvgIpc) is 2.73. The molecule has 0 unspecified atom stereocenters. The molecule has 3 nitrogen and oxygen atoms in total. The summed E-state index contributed by atoms with van der Waals surface area (Å²) in [5, 5.41) is 3.29. The number of fused-ring (bicyclic) bond motifs is 1. The summed E-state index contributed by atoms with van der Waals surface area (Å²) in [5.41, 5.74) is 7.35. The standard InChI is InChI=1S/C14H15F3N2OS/c1-8-4-2-5-9-10(18)12(21-11(8)9)13(20)19-7-3-6-14(15,16)17/h2,4-5H,3,6-7,18H2,1H3,(H,19,20). The van der Waals surface area contributed by atoms with Crippen LogP contribution in [-0.2, 0) is 0 Å². The van der Waals surface area contributed by atoms with Crippen LogP contribution in [0.25, 0.3) is 10.1 Å². The fourth-order valence-corrected chi connectivity index (χ4v) is 3.12. The number of hydrogen-bond acceptors (Lipinski definition) is 3. The first-order valence-corrected chi connectivity index (χ1v) is 7.24. The van der Waals surface area contributed by atoms with Crippen LogP contribution in [0.2, 0.25) is 0 Å². The molecule has 0 radical (unpaired) electrons. The van der Waals surface area contributed by atoms with Gasteiger partial charge in [-0.05, 0) is 18.9 Å². The minimum atomic E-state index is -4.20. The molecule has 3 N–H and O–H groups in total. The lowest BCUT2D eigenvalue weighted by Crippen LogP contribution is -2.25. The van der Waals surface area contributed by atoms with Crippen molar-refractivity contribution in [1.82, 2.24) is 5.32 Å². The van der Waals surface area contributed by atoms with E-state index >= 15 is 0 Å². The molecule has 0 spiro atoms. The fraction of sp³-hybridized carbons (Fsp3) is 0.357. The van der Waals surface area contributed by atoms with E-state index in [0.29, 0.717) is 10.6 Å². The molecule has 2 rings (SSSR count). The van der Waals surface area contributed by atoms with E-state index in [2.05, 4.69) is 5.32 Å². The van der Waals surface area contributed by atoms with Gasteiger partial charge in [0.25, 0.3) is 5.91 Å². The van der Waals surface area contributed by atoms with Gasteiger partial charge in [0.15, 0.2) is 0 Å². The highest BCUT2D eigenvalue weighted by Gasteiger charge is 2.26. The molecule has 2 aromatic rings. The SMILES string of the molecule is Cc1cccc2c(N)c(C(=O)NCCCC(F)(F)F)sc12. The van der Waals surface area contributed by atoms with E-state index in [9.17, 15) is 18.0 Å². The van der Waals surface area contributed by atoms with Crippen molar-refractivity contribution in [2.45, 2.75) is 25.9 Å². The van der Waals surface area contributed by atoms with Crippen LogP contribution in [0, 0.1) is 6.92 Å². The number of carbonyl (C=O) groups is 1. The topological polar surface area (TPSA) is 55.1 Å². The van der Waals surface area contributed by atoms with Gasteiger partial charge < -0.3 is 11.1 Å². The molecule has 114 valence electrons. The number of aryl methyl sites for hydroxylation is 1. The summed E-state index contributed by atoms with van der Waals surface area (Å²) in [6, 6.07) is 5.60. The molecule has 0 atom stereocenters. The molecule has 1 aromatic heterocycles. The zero-order chi connectivity index (χ0) is 15.6. The number of thiophene rings is 1. The van der Waals surface area contributed by atoms with Crippen LogP contribution < -0.4 is 11.1 Å². The third-order valence-corrected chi connectivity index (χ3v) is 4.44. The Hall–Kier alpha value is -1.76. The summed E-state index contributed by atoms with van der Waals surface area (Å²) >= 11 is 1.26. The highest BCUT2D eigenvalue weighted by Crippen LogP contribution is 2.35. The summed E-state index contributed by atoms with van der Waals surface area (Å²) in [6.07, 6.45) is -5.24. The van der Waals surface area contributed by atoms with Crippen LogP contribution in [0.1, 0.15) is 28.1 Å². The zero-order valence-corrected chi connectivity index (χ0v) is 12.2. The number of nitrogen functional groups attached to an aromatic ring is 1. The lowest BCUT2D eigenvalue weighted by Gasteiger charge is -2.07. The Bertz CT molecular complexity index is 664. The number of benzene rings is 1. The summed E-state index contributed by atoms with van der Waals surface area (Å²) < 4.78 is 37.0. The minimum Gasteiger partial charge on any atom is -0.397 e. The minimum absolute atomic E-state index is 0.0228. The second kappa shape index (κ2) is 5.93. The smallest absolute Gasteiger partial charge is 0.389 e. The zero-order valence-electron chi connectivity index (χ0n) is 11.4. The van der Waals surface area contributed by atoms with Crippen molar-refractivity contribution in [2.24, 2.45) is 0 Å². The van der Waals surface area contributed by atoms with Gasteiger partial charge in [-0.15, -0.1) is 11.3 Å². The average molecular weight is 316 g/mol. The number of amides is 1. The van der Waals surface area contributed by atoms with Gasteiger partial charge in [-0.1, -0.05) is 18.2 Å². The molecule has 1 amide bonds. The van der Waals surface area contributed by atoms with Crippen LogP contribution in [-0.4, -0.2) is 18.6 Å². The van der Waals surface area contributed by atoms with Crippen molar-refractivity contribution in [3.63, 3.8) is 0 Å². The van der Waals surface area contributed by atoms with Gasteiger partial charge in [0.1, 0.15) is 4.88 Å². The first-order valence-electron chi connectivity index (χ1n) is 6.42. The van der Waals surface area contributed by atoms with E-state index in [-0.39, 0.29) is 13.0 Å². The first kappa shape index (κ1) is 15.6. The summed E-state index contributed by atoms with van der Waals surface area (Å²) in [6.45, 7) is 1.90. The Labute approximate surface area is 123 Å². The van der Waals surface area contributed by atoms with E-state index in [0.717, 1.165) is 15.6 Å². The Morgan fingerprint density at radius 1 is 1.38 bits per heavy atom. The van der Waals surface area contributed by atoms with Crippen LogP contribution in [0.5, 0.6) is 0 Å². The van der Waals surface area contributed by atoms with E-state index in [1.54, 1.807) is 0 Å². The lowest BCUT2D eigenvalue weighted by atomic mass is 10.1. The molecule has 0 aliphatic heterocycles. The molecule has 0 saturated heterocycles. The Kier molecular flexibility index (Phi) is 4.41. The van der Waals surface area contributed by atoms with Crippen molar-refractivity contribution < 1.29 is 18.0 Å². The Balaban J connectivity index is 2.06. The van der Waals surface area contributed by atoms with Crippen LogP contribution in [0.3, 0.4) is 0 Å². The van der Waals surface area contributed by atoms with Crippen molar-refractivity contribution in [1.29, 1.82) is 0 Å². The predicted octanol–water partition coefficient (Wildman–Crippen LogP) is 3.86. The Morgan fingerprint density at radius 3 is 2.71 bits per heavy atom. The maximum atomic E-state index is 12.0. The fourth-order valence-electron chi connectivity index (χ4n) is 2.02. The van der Waals surface area contributed by atoms with E-state index in [1.807, 2.05) is 25.1 Å². The van der Waals surface area contributed by atoms with Gasteiger partial charge in [-0.3, -0.25) is 4.79 Å². The highest BCUT2D eigenvalue weighted by molar-refractivity contribution is 7.21. The number of halogens is 3. The van der Waals surface area contributed by atoms with E-state index in [1.165, 1.54) is 11.3 Å². The predicted molar refractivity (Wildman–Crippen MR) is 78.6 cm³/mol. The second-order valence-corrected chi connectivity index (χ2v) is 5.79. The second-order valence-electron chi connectivity index (χ2n) is 4.77. The van der Waals surface area contributed by atoms with Crippen molar-refractivity contribution in [3.05, 3.63) is 28.6 Å². The number of anilines is 1. The van der Waals surface area contributed by atoms with Gasteiger partial charge in [0.05, 0.1) is 5.69 Å². The van der Waals surface area contributed by atoms with E-state index < -0.39 is 18.5 Å². The lowest BCUT2D eigenvalue weighted by molar-refractivity contribution is -0.135. The monoisotopic (exact) mass is 316 g/mol. The normalized spacial score (nSPS) is 11.8. The maximum Gasteiger partial charge on any atom is 0.389 e. The molecule has 0 bridgehead atoms. The van der Waals surface area contributed by atoms with E-state index in [4.69, 9.17) is 5.73 Å². The summed E-state index contributed by atoms with van der Waals surface area (Å²) in [4.78, 5) is 12.4. The quantitative estimate of drug-likeness (QED) is 0.842. The van der Waals surface area contributed by atoms with Gasteiger partial charge >= 0.3 is 6.18 Å². The van der Waals surface area contributed by atoms with Gasteiger partial charge in [-0.2, -0.15) is 13.2 Å². The molecule has 1 heterocycles. The van der Waals surface area contributed by atoms with Crippen LogP contribution >= 0.6 is 11.3 Å². The largest absolute Gasteiger partial charge is 0.397 e. The Morgan fingerprint density at radius 2 is 2.10 bits per heavy atom. The number of nitrogens with two attached hydrogens (primary N) is 1. The first-order chi connectivity index (χ1) is 9.79. The molecule has 0 aliphatic carbocycles. The summed E-state index contributed by atoms with van der Waals surface area (Å²) in [5.74, 6) is -0.421. The maximum absolute atomic E-state index is 12.0. The molecular weight excluding hydrogens is 301 g/mol. The molecule has 1 aromatic carbocycles. The van der Waals surface area contributed by atoms with Crippen LogP contribution in [0.4, 0.5) is 18.9 Å². The van der Waals surface area contributed by atoms with Crippen LogP contribution in [0.15, 0.2) is 18.2 Å². The molecular formula is C14H15F3N2OS. The van der Waals surface area contributed by atoms with Crippen molar-refractivity contribution in [2.75, 3.05) is 12.3 Å². The van der Waals surface area contributed by atoms with Gasteiger partial charge in [-0.25, -0.2) is 0 Å². The van der Waals surface area contributed by atoms with Crippen molar-refractivity contribution in [3.8, 4) is 0 Å². The third-order valence-electron chi connectivity index (χ3n) is 3.08. The van der Waals surface area contributed by atoms with Gasteiger partial charge in [0, 0.05) is 23.1 Å². The number of alkyl halides is 3. The molecule has 21 heavy (non-hydrogen) atoms. The van der Waals surface area contributed by atoms with Crippen molar-refractivity contribution >= 4 is 33.0 Å². The van der Waals surface area contributed by atoms with Gasteiger partial charge in [0.2, 0.25) is 0 Å². The molecule has 0 aliphatic rings. The molecule has 0 fully saturated rings. The number of rotatable bonds is 4. The number of hydrogen-bond donors (Lipinski definition) is 2. The highest BCUT2D eigenvalue weighted by atomic mass is 32.1.